The molecule has 0 saturated carbocycles. The van der Waals surface area contributed by atoms with Crippen molar-refractivity contribution in [3.63, 3.8) is 0 Å². The summed E-state index contributed by atoms with van der Waals surface area (Å²) < 4.78 is 0. The number of nitrogens with zero attached hydrogens (tertiary/aromatic N) is 1. The monoisotopic (exact) mass is 479 g/mol. The summed E-state index contributed by atoms with van der Waals surface area (Å²) in [6, 6.07) is 13.3. The van der Waals surface area contributed by atoms with Crippen LogP contribution in [0.2, 0.25) is 5.02 Å². The highest BCUT2D eigenvalue weighted by molar-refractivity contribution is 6.31. The zero-order chi connectivity index (χ0) is 20.4. The van der Waals surface area contributed by atoms with Crippen LogP contribution in [0.5, 0.6) is 0 Å². The molecule has 0 unspecified atom stereocenters. The average Bonchev–Trinajstić information content (AvgIpc) is 3.35. The molecule has 0 bridgehead atoms. The largest absolute Gasteiger partial charge is 0.354 e. The highest BCUT2D eigenvalue weighted by atomic mass is 35.5. The molecule has 4 rings (SSSR count). The minimum atomic E-state index is -0.657. The third kappa shape index (κ3) is 5.40. The van der Waals surface area contributed by atoms with Crippen LogP contribution < -0.4 is 11.1 Å². The fraction of sp³-hybridized carbons (Fsp3) is 0.182. The SMILES string of the molecule is Cc1c(-c2ccccc2)[nH]c2c(CNC(=O)[C@@H](N)Cc3cnc[nH]3)cc(Cl)cc12.Cl.Cl. The Bertz CT molecular complexity index is 1140. The van der Waals surface area contributed by atoms with Crippen molar-refractivity contribution in [2.75, 3.05) is 0 Å². The van der Waals surface area contributed by atoms with E-state index in [-0.39, 0.29) is 30.7 Å². The summed E-state index contributed by atoms with van der Waals surface area (Å²) in [6.45, 7) is 2.40. The first kappa shape index (κ1) is 24.8. The van der Waals surface area contributed by atoms with Gasteiger partial charge >= 0.3 is 0 Å². The van der Waals surface area contributed by atoms with Crippen LogP contribution in [0.1, 0.15) is 16.8 Å². The van der Waals surface area contributed by atoms with Crippen molar-refractivity contribution in [3.05, 3.63) is 76.8 Å². The normalized spacial score (nSPS) is 11.5. The summed E-state index contributed by atoms with van der Waals surface area (Å²) in [4.78, 5) is 22.9. The van der Waals surface area contributed by atoms with E-state index in [1.165, 1.54) is 0 Å². The topological polar surface area (TPSA) is 99.6 Å². The summed E-state index contributed by atoms with van der Waals surface area (Å²) in [5.74, 6) is -0.223. The molecule has 31 heavy (non-hydrogen) atoms. The number of benzene rings is 2. The molecule has 6 nitrogen and oxygen atoms in total. The molecule has 5 N–H and O–H groups in total. The Morgan fingerprint density at radius 1 is 1.23 bits per heavy atom. The van der Waals surface area contributed by atoms with Crippen LogP contribution in [0.4, 0.5) is 0 Å². The van der Waals surface area contributed by atoms with Crippen molar-refractivity contribution in [2.45, 2.75) is 25.9 Å². The number of aromatic amines is 2. The summed E-state index contributed by atoms with van der Waals surface area (Å²) >= 11 is 6.36. The van der Waals surface area contributed by atoms with Crippen molar-refractivity contribution in [2.24, 2.45) is 5.73 Å². The second-order valence-electron chi connectivity index (χ2n) is 7.08. The molecule has 0 spiro atoms. The van der Waals surface area contributed by atoms with Crippen LogP contribution >= 0.6 is 36.4 Å². The fourth-order valence-corrected chi connectivity index (χ4v) is 3.77. The van der Waals surface area contributed by atoms with Gasteiger partial charge in [-0.2, -0.15) is 0 Å². The number of hydrogen-bond acceptors (Lipinski definition) is 3. The standard InChI is InChI=1S/C22H22ClN5O.2ClH/c1-13-18-8-16(23)7-15(21(18)28-20(13)14-5-3-2-4-6-14)10-26-22(29)19(24)9-17-11-25-12-27-17;;/h2-8,11-12,19,28H,9-10,24H2,1H3,(H,25,27)(H,26,29);2*1H/t19-;;/m0../s1. The van der Waals surface area contributed by atoms with E-state index >= 15 is 0 Å². The van der Waals surface area contributed by atoms with Gasteiger partial charge in [-0.3, -0.25) is 4.79 Å². The van der Waals surface area contributed by atoms with Gasteiger partial charge in [-0.05, 0) is 35.7 Å². The van der Waals surface area contributed by atoms with Gasteiger partial charge in [-0.25, -0.2) is 4.98 Å². The molecule has 1 amide bonds. The summed E-state index contributed by atoms with van der Waals surface area (Å²) in [5.41, 5.74) is 12.0. The van der Waals surface area contributed by atoms with Gasteiger partial charge in [0.1, 0.15) is 0 Å². The van der Waals surface area contributed by atoms with E-state index in [4.69, 9.17) is 17.3 Å². The van der Waals surface area contributed by atoms with Crippen molar-refractivity contribution in [3.8, 4) is 11.3 Å². The van der Waals surface area contributed by atoms with Gasteiger partial charge in [-0.1, -0.05) is 41.9 Å². The lowest BCUT2D eigenvalue weighted by Crippen LogP contribution is -2.41. The predicted octanol–water partition coefficient (Wildman–Crippen LogP) is 4.55. The van der Waals surface area contributed by atoms with Crippen LogP contribution in [0.3, 0.4) is 0 Å². The quantitative estimate of drug-likeness (QED) is 0.326. The minimum Gasteiger partial charge on any atom is -0.354 e. The summed E-state index contributed by atoms with van der Waals surface area (Å²) in [6.07, 6.45) is 3.64. The Labute approximate surface area is 197 Å². The lowest BCUT2D eigenvalue weighted by atomic mass is 10.1. The number of nitrogens with one attached hydrogen (secondary N) is 3. The molecule has 2 aromatic carbocycles. The van der Waals surface area contributed by atoms with Crippen molar-refractivity contribution in [1.82, 2.24) is 20.3 Å². The van der Waals surface area contributed by atoms with E-state index in [0.717, 1.165) is 39.0 Å². The van der Waals surface area contributed by atoms with E-state index in [0.29, 0.717) is 18.0 Å². The zero-order valence-electron chi connectivity index (χ0n) is 16.8. The summed E-state index contributed by atoms with van der Waals surface area (Å²) in [5, 5.41) is 4.60. The van der Waals surface area contributed by atoms with Crippen LogP contribution in [0.25, 0.3) is 22.2 Å². The number of nitrogens with two attached hydrogens (primary N) is 1. The predicted molar refractivity (Wildman–Crippen MR) is 130 cm³/mol. The smallest absolute Gasteiger partial charge is 0.237 e. The molecule has 0 aliphatic carbocycles. The zero-order valence-corrected chi connectivity index (χ0v) is 19.2. The van der Waals surface area contributed by atoms with Crippen LogP contribution in [0.15, 0.2) is 55.0 Å². The van der Waals surface area contributed by atoms with Gasteiger partial charge in [0.25, 0.3) is 0 Å². The molecule has 0 saturated heterocycles. The third-order valence-corrected chi connectivity index (χ3v) is 5.28. The second kappa shape index (κ2) is 10.7. The fourth-order valence-electron chi connectivity index (χ4n) is 3.53. The Balaban J connectivity index is 0.00000171. The maximum Gasteiger partial charge on any atom is 0.237 e. The van der Waals surface area contributed by atoms with Crippen LogP contribution in [-0.4, -0.2) is 26.9 Å². The number of aromatic nitrogens is 3. The lowest BCUT2D eigenvalue weighted by molar-refractivity contribution is -0.122. The lowest BCUT2D eigenvalue weighted by Gasteiger charge is -2.12. The highest BCUT2D eigenvalue weighted by Crippen LogP contribution is 2.33. The summed E-state index contributed by atoms with van der Waals surface area (Å²) in [7, 11) is 0. The number of carbonyl (C=O) groups excluding carboxylic acids is 1. The maximum atomic E-state index is 12.4. The van der Waals surface area contributed by atoms with Gasteiger partial charge < -0.3 is 21.0 Å². The number of carbonyl (C=O) groups is 1. The van der Waals surface area contributed by atoms with Gasteiger partial charge in [0, 0.05) is 41.0 Å². The number of hydrogen-bond donors (Lipinski definition) is 4. The molecular formula is C22H24Cl3N5O. The highest BCUT2D eigenvalue weighted by Gasteiger charge is 2.17. The van der Waals surface area contributed by atoms with E-state index < -0.39 is 6.04 Å². The molecule has 2 aromatic heterocycles. The van der Waals surface area contributed by atoms with Crippen molar-refractivity contribution < 1.29 is 4.79 Å². The molecule has 0 fully saturated rings. The number of halogens is 3. The van der Waals surface area contributed by atoms with E-state index in [1.54, 1.807) is 12.5 Å². The van der Waals surface area contributed by atoms with Gasteiger partial charge in [-0.15, -0.1) is 24.8 Å². The Morgan fingerprint density at radius 2 is 1.97 bits per heavy atom. The molecule has 9 heteroatoms. The average molecular weight is 481 g/mol. The second-order valence-corrected chi connectivity index (χ2v) is 7.52. The number of rotatable bonds is 6. The number of imidazole rings is 1. The molecule has 2 heterocycles. The van der Waals surface area contributed by atoms with E-state index in [1.807, 2.05) is 30.3 Å². The molecule has 0 aliphatic heterocycles. The third-order valence-electron chi connectivity index (χ3n) is 5.06. The molecular weight excluding hydrogens is 457 g/mol. The number of H-pyrrole nitrogens is 2. The van der Waals surface area contributed by atoms with Gasteiger partial charge in [0.15, 0.2) is 0 Å². The van der Waals surface area contributed by atoms with Crippen LogP contribution in [0, 0.1) is 6.92 Å². The van der Waals surface area contributed by atoms with Crippen molar-refractivity contribution in [1.29, 1.82) is 0 Å². The van der Waals surface area contributed by atoms with E-state index in [2.05, 4.69) is 39.3 Å². The Morgan fingerprint density at radius 3 is 2.65 bits per heavy atom. The molecule has 0 aliphatic rings. The first-order chi connectivity index (χ1) is 14.0. The Hall–Kier alpha value is -2.51. The minimum absolute atomic E-state index is 0. The maximum absolute atomic E-state index is 12.4. The van der Waals surface area contributed by atoms with Crippen molar-refractivity contribution >= 4 is 53.2 Å². The number of fused-ring (bicyclic) bond motifs is 1. The molecule has 0 radical (unpaired) electrons. The van der Waals surface area contributed by atoms with E-state index in [9.17, 15) is 4.79 Å². The Kier molecular flexibility index (Phi) is 8.53. The molecule has 164 valence electrons. The molecule has 1 atom stereocenters. The number of amides is 1. The number of aryl methyl sites for hydroxylation is 1. The molecule has 4 aromatic rings. The van der Waals surface area contributed by atoms with Gasteiger partial charge in [0.2, 0.25) is 5.91 Å². The van der Waals surface area contributed by atoms with Gasteiger partial charge in [0.05, 0.1) is 17.9 Å². The first-order valence-electron chi connectivity index (χ1n) is 9.39. The first-order valence-corrected chi connectivity index (χ1v) is 9.77. The van der Waals surface area contributed by atoms with Crippen LogP contribution in [-0.2, 0) is 17.8 Å².